The summed E-state index contributed by atoms with van der Waals surface area (Å²) < 4.78 is 16.6. The fourth-order valence-electron chi connectivity index (χ4n) is 14.2. The lowest BCUT2D eigenvalue weighted by molar-refractivity contribution is -0.686. The smallest absolute Gasteiger partial charge is 0.372 e. The van der Waals surface area contributed by atoms with Gasteiger partial charge in [-0.1, -0.05) is 46.8 Å². The first-order valence-corrected chi connectivity index (χ1v) is 21.7. The van der Waals surface area contributed by atoms with Crippen molar-refractivity contribution in [3.8, 4) is 0 Å². The normalized spacial score (nSPS) is 35.6. The van der Waals surface area contributed by atoms with Crippen LogP contribution in [-0.4, -0.2) is 52.8 Å². The van der Waals surface area contributed by atoms with Crippen molar-refractivity contribution in [2.75, 3.05) is 44.6 Å². The predicted octanol–water partition coefficient (Wildman–Crippen LogP) is 2.21. The molecular weight excluding hydrogens is 767 g/mol. The van der Waals surface area contributed by atoms with Gasteiger partial charge in [-0.2, -0.15) is 9.13 Å². The quantitative estimate of drug-likeness (QED) is 0.208. The highest BCUT2D eigenvalue weighted by molar-refractivity contribution is 5.68. The van der Waals surface area contributed by atoms with Gasteiger partial charge in [0, 0.05) is 74.7 Å². The Labute approximate surface area is 362 Å². The largest absolute Gasteiger partial charge is 1.00 e. The third kappa shape index (κ3) is 7.80. The van der Waals surface area contributed by atoms with Crippen molar-refractivity contribution < 1.29 is 53.0 Å². The van der Waals surface area contributed by atoms with E-state index in [1.807, 2.05) is 86.4 Å². The molecule has 322 valence electrons. The maximum atomic E-state index is 13.4. The van der Waals surface area contributed by atoms with Crippen LogP contribution in [0.3, 0.4) is 0 Å². The molecule has 7 rings (SSSR count). The molecule has 2 aromatic rings. The molecule has 10 heteroatoms. The Morgan fingerprint density at radius 3 is 1.83 bits per heavy atom. The van der Waals surface area contributed by atoms with Crippen LogP contribution in [0.4, 0.5) is 11.4 Å². The van der Waals surface area contributed by atoms with Gasteiger partial charge >= 0.3 is 11.9 Å². The number of allylic oxidation sites excluding steroid dienone is 1. The second kappa shape index (κ2) is 16.9. The van der Waals surface area contributed by atoms with Crippen LogP contribution in [0.25, 0.3) is 0 Å². The fourth-order valence-corrected chi connectivity index (χ4v) is 14.2. The number of fused-ring (bicyclic) bond motifs is 7. The van der Waals surface area contributed by atoms with Gasteiger partial charge in [0.25, 0.3) is 0 Å². The monoisotopic (exact) mass is 838 g/mol. The van der Waals surface area contributed by atoms with Gasteiger partial charge in [-0.3, -0.25) is 0 Å². The Kier molecular flexibility index (Phi) is 13.5. The van der Waals surface area contributed by atoms with Gasteiger partial charge in [-0.25, -0.2) is 9.59 Å². The molecule has 10 atom stereocenters. The van der Waals surface area contributed by atoms with Gasteiger partial charge in [-0.05, 0) is 117 Å². The highest BCUT2D eigenvalue weighted by atomic mass is 35.5. The number of carbonyl (C=O) groups is 2. The molecule has 5 saturated carbocycles. The van der Waals surface area contributed by atoms with Crippen LogP contribution in [0.1, 0.15) is 106 Å². The number of halogens is 2. The highest BCUT2D eigenvalue weighted by Gasteiger charge is 2.71. The number of nitrogens with zero attached hydrogens (tertiary/aromatic N) is 4. The molecule has 0 aliphatic heterocycles. The van der Waals surface area contributed by atoms with E-state index in [0.29, 0.717) is 36.2 Å². The Morgan fingerprint density at radius 1 is 0.707 bits per heavy atom. The average molecular weight is 840 g/mol. The van der Waals surface area contributed by atoms with Gasteiger partial charge < -0.3 is 44.1 Å². The molecule has 0 saturated heterocycles. The van der Waals surface area contributed by atoms with Crippen molar-refractivity contribution in [2.24, 2.45) is 56.7 Å². The van der Waals surface area contributed by atoms with Crippen LogP contribution in [-0.2, 0) is 32.2 Å². The van der Waals surface area contributed by atoms with Gasteiger partial charge in [0.1, 0.15) is 6.10 Å². The number of anilines is 2. The fraction of sp³-hybridized carbons (Fsp3) is 0.708. The van der Waals surface area contributed by atoms with Crippen LogP contribution in [0, 0.1) is 56.7 Å². The van der Waals surface area contributed by atoms with E-state index in [1.165, 1.54) is 37.7 Å². The number of esters is 2. The minimum atomic E-state index is -0.143. The van der Waals surface area contributed by atoms with E-state index in [4.69, 9.17) is 9.47 Å². The number of carbonyl (C=O) groups excluding carboxylic acids is 2. The molecule has 0 aromatic carbocycles. The minimum absolute atomic E-state index is 0. The molecular formula is C48H72Cl2N4O4. The third-order valence-electron chi connectivity index (χ3n) is 17.4. The highest BCUT2D eigenvalue weighted by Crippen LogP contribution is 2.77. The second-order valence-electron chi connectivity index (χ2n) is 20.8. The van der Waals surface area contributed by atoms with Crippen LogP contribution >= 0.6 is 0 Å². The van der Waals surface area contributed by atoms with E-state index in [1.54, 1.807) is 0 Å². The van der Waals surface area contributed by atoms with Crippen molar-refractivity contribution >= 4 is 23.3 Å². The SMILES string of the molecule is C=C(C)[C@@H]1CC[C@]2(COC(=O)C[n+]3ccc(N(C)C)cc3)CC[C@]3(C)C(CCC4[C@@]5(C)CC[C@H](OC(=O)C[n+]6ccc(N(C)C)cc6)C(C)(C)C5CC[C@]43C)C12.[Cl-].[Cl-]. The van der Waals surface area contributed by atoms with Gasteiger partial charge in [0.05, 0.1) is 6.61 Å². The molecule has 0 N–H and O–H groups in total. The van der Waals surface area contributed by atoms with Gasteiger partial charge in [0.2, 0.25) is 13.1 Å². The number of aromatic nitrogens is 2. The summed E-state index contributed by atoms with van der Waals surface area (Å²) in [6, 6.07) is 8.16. The standard InChI is InChI=1S/C48H72N4O4.2ClH/c1-33(2)36-14-23-48(32-55-41(53)30-51-26-17-34(18-27-51)49(8)9)25-24-46(6)37(43(36)48)12-13-39-45(5)21-16-40(44(3,4)38(45)15-22-47(39,46)7)56-42(54)31-52-28-19-35(20-29-52)50(10)11;;/h17-20,26-29,36-40,43H,1,12-16,21-25,30-32H2,2-11H3;2*1H/q+2;;/p-2/t36-,37?,38?,39?,40-,43?,45-,46+,47+,48+;;/m0../s1. The summed E-state index contributed by atoms with van der Waals surface area (Å²) in [6.45, 7) is 20.6. The van der Waals surface area contributed by atoms with Crippen LogP contribution in [0.5, 0.6) is 0 Å². The molecule has 2 aromatic heterocycles. The maximum absolute atomic E-state index is 13.4. The van der Waals surface area contributed by atoms with Crippen molar-refractivity contribution in [1.82, 2.24) is 0 Å². The van der Waals surface area contributed by atoms with Crippen molar-refractivity contribution in [2.45, 2.75) is 125 Å². The maximum Gasteiger partial charge on any atom is 0.372 e. The molecule has 5 fully saturated rings. The van der Waals surface area contributed by atoms with Crippen molar-refractivity contribution in [3.05, 3.63) is 61.2 Å². The Bertz CT molecular complexity index is 1800. The molecule has 4 unspecified atom stereocenters. The molecule has 0 amide bonds. The number of hydrogen-bond acceptors (Lipinski definition) is 6. The Morgan fingerprint density at radius 2 is 1.28 bits per heavy atom. The number of hydrogen-bond donors (Lipinski definition) is 0. The lowest BCUT2D eigenvalue weighted by Gasteiger charge is -2.73. The summed E-state index contributed by atoms with van der Waals surface area (Å²) in [5.74, 6) is 2.40. The summed E-state index contributed by atoms with van der Waals surface area (Å²) in [6.07, 6.45) is 19.3. The van der Waals surface area contributed by atoms with E-state index < -0.39 is 0 Å². The molecule has 2 heterocycles. The van der Waals surface area contributed by atoms with E-state index in [2.05, 4.69) is 57.9 Å². The minimum Gasteiger partial charge on any atom is -1.00 e. The molecule has 8 nitrogen and oxygen atoms in total. The van der Waals surface area contributed by atoms with E-state index in [0.717, 1.165) is 43.5 Å². The third-order valence-corrected chi connectivity index (χ3v) is 17.4. The summed E-state index contributed by atoms with van der Waals surface area (Å²) in [5.41, 5.74) is 4.07. The van der Waals surface area contributed by atoms with Gasteiger partial charge in [0.15, 0.2) is 24.8 Å². The van der Waals surface area contributed by atoms with Crippen LogP contribution < -0.4 is 43.7 Å². The lowest BCUT2D eigenvalue weighted by atomic mass is 9.32. The molecule has 0 radical (unpaired) electrons. The zero-order chi connectivity index (χ0) is 40.4. The summed E-state index contributed by atoms with van der Waals surface area (Å²) in [4.78, 5) is 30.9. The van der Waals surface area contributed by atoms with E-state index in [-0.39, 0.29) is 83.0 Å². The lowest BCUT2D eigenvalue weighted by Crippen LogP contribution is -3.00. The van der Waals surface area contributed by atoms with E-state index in [9.17, 15) is 9.59 Å². The van der Waals surface area contributed by atoms with Crippen molar-refractivity contribution in [1.29, 1.82) is 0 Å². The second-order valence-corrected chi connectivity index (χ2v) is 20.8. The Balaban J connectivity index is 0.00000320. The Hall–Kier alpha value is -2.84. The first kappa shape index (κ1) is 46.2. The molecule has 0 spiro atoms. The predicted molar refractivity (Wildman–Crippen MR) is 222 cm³/mol. The summed E-state index contributed by atoms with van der Waals surface area (Å²) in [5, 5.41) is 0. The zero-order valence-corrected chi connectivity index (χ0v) is 38.7. The number of ether oxygens (including phenoxy) is 2. The summed E-state index contributed by atoms with van der Waals surface area (Å²) >= 11 is 0. The van der Waals surface area contributed by atoms with Crippen LogP contribution in [0.15, 0.2) is 61.2 Å². The first-order valence-electron chi connectivity index (χ1n) is 21.7. The first-order chi connectivity index (χ1) is 26.3. The molecule has 5 aliphatic rings. The average Bonchev–Trinajstić information content (AvgIpc) is 3.53. The number of pyridine rings is 2. The molecule has 5 aliphatic carbocycles. The van der Waals surface area contributed by atoms with Crippen LogP contribution in [0.2, 0.25) is 0 Å². The van der Waals surface area contributed by atoms with E-state index >= 15 is 0 Å². The summed E-state index contributed by atoms with van der Waals surface area (Å²) in [7, 11) is 8.10. The zero-order valence-electron chi connectivity index (χ0n) is 37.2. The molecule has 0 bridgehead atoms. The van der Waals surface area contributed by atoms with Gasteiger partial charge in [-0.15, -0.1) is 0 Å². The molecule has 58 heavy (non-hydrogen) atoms. The number of rotatable bonds is 10. The van der Waals surface area contributed by atoms with Crippen molar-refractivity contribution in [3.63, 3.8) is 0 Å². The topological polar surface area (TPSA) is 66.8 Å².